The Hall–Kier alpha value is -1.49. The highest BCUT2D eigenvalue weighted by Crippen LogP contribution is 2.41. The van der Waals surface area contributed by atoms with Gasteiger partial charge in [0.05, 0.1) is 4.92 Å². The Morgan fingerprint density at radius 2 is 2.06 bits per heavy atom. The summed E-state index contributed by atoms with van der Waals surface area (Å²) >= 11 is 0. The van der Waals surface area contributed by atoms with E-state index in [-0.39, 0.29) is 5.41 Å². The van der Waals surface area contributed by atoms with E-state index in [0.29, 0.717) is 6.54 Å². The number of halogens is 1. The van der Waals surface area contributed by atoms with E-state index < -0.39 is 16.4 Å². The summed E-state index contributed by atoms with van der Waals surface area (Å²) in [7, 11) is 0. The molecule has 17 heavy (non-hydrogen) atoms. The van der Waals surface area contributed by atoms with Gasteiger partial charge in [-0.2, -0.15) is 4.39 Å². The fourth-order valence-corrected chi connectivity index (χ4v) is 2.65. The Labute approximate surface area is 98.8 Å². The maximum atomic E-state index is 13.6. The maximum Gasteiger partial charge on any atom is 0.304 e. The molecule has 0 bridgehead atoms. The third-order valence-electron chi connectivity index (χ3n) is 3.71. The summed E-state index contributed by atoms with van der Waals surface area (Å²) < 4.78 is 13.6. The van der Waals surface area contributed by atoms with Crippen molar-refractivity contribution in [3.8, 4) is 0 Å². The van der Waals surface area contributed by atoms with Crippen LogP contribution in [0.4, 0.5) is 10.1 Å². The van der Waals surface area contributed by atoms with Crippen molar-refractivity contribution in [2.45, 2.75) is 31.1 Å². The van der Waals surface area contributed by atoms with E-state index in [9.17, 15) is 14.5 Å². The van der Waals surface area contributed by atoms with Crippen LogP contribution >= 0.6 is 0 Å². The predicted octanol–water partition coefficient (Wildman–Crippen LogP) is 2.50. The normalized spacial score (nSPS) is 18.2. The molecule has 0 saturated heterocycles. The molecule has 1 aromatic rings. The number of benzene rings is 1. The molecule has 1 aliphatic carbocycles. The van der Waals surface area contributed by atoms with Crippen LogP contribution in [0.1, 0.15) is 31.2 Å². The zero-order valence-electron chi connectivity index (χ0n) is 9.49. The molecular formula is C12H15FN2O2. The first kappa shape index (κ1) is 12.0. The van der Waals surface area contributed by atoms with Gasteiger partial charge >= 0.3 is 5.69 Å². The largest absolute Gasteiger partial charge is 0.330 e. The van der Waals surface area contributed by atoms with Crippen molar-refractivity contribution in [2.24, 2.45) is 5.73 Å². The van der Waals surface area contributed by atoms with Crippen molar-refractivity contribution in [1.82, 2.24) is 0 Å². The van der Waals surface area contributed by atoms with Gasteiger partial charge in [0, 0.05) is 18.0 Å². The van der Waals surface area contributed by atoms with E-state index in [2.05, 4.69) is 0 Å². The number of nitro benzene ring substituents is 1. The Balaban J connectivity index is 2.40. The molecule has 1 aromatic carbocycles. The molecule has 2 rings (SSSR count). The van der Waals surface area contributed by atoms with Crippen LogP contribution in [0.25, 0.3) is 0 Å². The van der Waals surface area contributed by atoms with Crippen LogP contribution in [-0.2, 0) is 5.41 Å². The van der Waals surface area contributed by atoms with Crippen LogP contribution in [0.15, 0.2) is 18.2 Å². The van der Waals surface area contributed by atoms with Crippen molar-refractivity contribution >= 4 is 5.69 Å². The third-order valence-corrected chi connectivity index (χ3v) is 3.71. The average molecular weight is 238 g/mol. The Bertz CT molecular complexity index is 442. The number of nitrogens with two attached hydrogens (primary N) is 1. The van der Waals surface area contributed by atoms with Crippen LogP contribution < -0.4 is 5.73 Å². The van der Waals surface area contributed by atoms with Gasteiger partial charge in [-0.15, -0.1) is 0 Å². The molecule has 0 radical (unpaired) electrons. The molecule has 1 fully saturated rings. The molecule has 2 N–H and O–H groups in total. The van der Waals surface area contributed by atoms with Crippen LogP contribution in [0.5, 0.6) is 0 Å². The first-order valence-corrected chi connectivity index (χ1v) is 5.73. The molecule has 0 amide bonds. The number of hydrogen-bond acceptors (Lipinski definition) is 3. The molecule has 0 aromatic heterocycles. The number of nitro groups is 1. The zero-order valence-corrected chi connectivity index (χ0v) is 9.49. The minimum atomic E-state index is -0.771. The molecule has 1 aliphatic rings. The van der Waals surface area contributed by atoms with E-state index in [1.54, 1.807) is 6.07 Å². The van der Waals surface area contributed by atoms with E-state index >= 15 is 0 Å². The molecule has 1 saturated carbocycles. The lowest BCUT2D eigenvalue weighted by Gasteiger charge is -2.27. The second-order valence-corrected chi connectivity index (χ2v) is 4.61. The van der Waals surface area contributed by atoms with Gasteiger partial charge in [-0.3, -0.25) is 10.1 Å². The highest BCUT2D eigenvalue weighted by molar-refractivity contribution is 5.39. The lowest BCUT2D eigenvalue weighted by atomic mass is 9.79. The summed E-state index contributed by atoms with van der Waals surface area (Å²) in [5.74, 6) is -0.771. The van der Waals surface area contributed by atoms with Crippen molar-refractivity contribution in [3.63, 3.8) is 0 Å². The van der Waals surface area contributed by atoms with Crippen LogP contribution in [0.3, 0.4) is 0 Å². The van der Waals surface area contributed by atoms with Crippen molar-refractivity contribution < 1.29 is 9.31 Å². The summed E-state index contributed by atoms with van der Waals surface area (Å²) in [4.78, 5) is 9.84. The fraction of sp³-hybridized carbons (Fsp3) is 0.500. The summed E-state index contributed by atoms with van der Waals surface area (Å²) in [5, 5.41) is 10.5. The molecule has 0 unspecified atom stereocenters. The minimum absolute atomic E-state index is 0.185. The lowest BCUT2D eigenvalue weighted by molar-refractivity contribution is -0.387. The van der Waals surface area contributed by atoms with Gasteiger partial charge in [0.25, 0.3) is 0 Å². The summed E-state index contributed by atoms with van der Waals surface area (Å²) in [6.45, 7) is 0.463. The SMILES string of the molecule is NCC1(c2ccc([N+](=O)[O-])c(F)c2)CCCC1. The van der Waals surface area contributed by atoms with Gasteiger partial charge in [-0.25, -0.2) is 0 Å². The molecule has 92 valence electrons. The van der Waals surface area contributed by atoms with Gasteiger partial charge in [-0.1, -0.05) is 18.9 Å². The molecule has 0 aliphatic heterocycles. The zero-order chi connectivity index (χ0) is 12.5. The quantitative estimate of drug-likeness (QED) is 0.649. The Kier molecular flexibility index (Phi) is 3.11. The van der Waals surface area contributed by atoms with E-state index in [4.69, 9.17) is 5.73 Å². The molecule has 0 heterocycles. The van der Waals surface area contributed by atoms with Crippen molar-refractivity contribution in [3.05, 3.63) is 39.7 Å². The summed E-state index contributed by atoms with van der Waals surface area (Å²) in [6.07, 6.45) is 4.02. The number of rotatable bonds is 3. The molecule has 4 nitrogen and oxygen atoms in total. The lowest BCUT2D eigenvalue weighted by Crippen LogP contribution is -2.32. The van der Waals surface area contributed by atoms with Crippen molar-refractivity contribution in [2.75, 3.05) is 6.54 Å². The van der Waals surface area contributed by atoms with E-state index in [0.717, 1.165) is 31.2 Å². The average Bonchev–Trinajstić information content (AvgIpc) is 2.78. The second-order valence-electron chi connectivity index (χ2n) is 4.61. The first-order valence-electron chi connectivity index (χ1n) is 5.73. The molecule has 0 atom stereocenters. The minimum Gasteiger partial charge on any atom is -0.330 e. The first-order chi connectivity index (χ1) is 8.09. The third kappa shape index (κ3) is 2.02. The summed E-state index contributed by atoms with van der Waals surface area (Å²) in [6, 6.07) is 4.15. The van der Waals surface area contributed by atoms with Gasteiger partial charge in [0.15, 0.2) is 0 Å². The maximum absolute atomic E-state index is 13.6. The standard InChI is InChI=1S/C12H15FN2O2/c13-10-7-9(3-4-11(10)15(16)17)12(8-14)5-1-2-6-12/h3-4,7H,1-2,5-6,8,14H2. The number of nitrogens with zero attached hydrogens (tertiary/aromatic N) is 1. The molecule has 0 spiro atoms. The van der Waals surface area contributed by atoms with Crippen molar-refractivity contribution in [1.29, 1.82) is 0 Å². The monoisotopic (exact) mass is 238 g/mol. The van der Waals surface area contributed by atoms with Crippen LogP contribution in [0.2, 0.25) is 0 Å². The smallest absolute Gasteiger partial charge is 0.304 e. The van der Waals surface area contributed by atoms with Gasteiger partial charge in [-0.05, 0) is 24.5 Å². The fourth-order valence-electron chi connectivity index (χ4n) is 2.65. The van der Waals surface area contributed by atoms with Crippen LogP contribution in [0, 0.1) is 15.9 Å². The predicted molar refractivity (Wildman–Crippen MR) is 62.3 cm³/mol. The van der Waals surface area contributed by atoms with E-state index in [1.807, 2.05) is 0 Å². The second kappa shape index (κ2) is 4.41. The molecule has 5 heteroatoms. The Morgan fingerprint density at radius 1 is 1.41 bits per heavy atom. The summed E-state index contributed by atoms with van der Waals surface area (Å²) in [5.41, 5.74) is 5.93. The topological polar surface area (TPSA) is 69.2 Å². The van der Waals surface area contributed by atoms with Gasteiger partial charge in [0.2, 0.25) is 5.82 Å². The molecular weight excluding hydrogens is 223 g/mol. The highest BCUT2D eigenvalue weighted by Gasteiger charge is 2.35. The van der Waals surface area contributed by atoms with Crippen LogP contribution in [-0.4, -0.2) is 11.5 Å². The van der Waals surface area contributed by atoms with E-state index in [1.165, 1.54) is 12.1 Å². The Morgan fingerprint density at radius 3 is 2.53 bits per heavy atom. The van der Waals surface area contributed by atoms with Gasteiger partial charge in [0.1, 0.15) is 0 Å². The highest BCUT2D eigenvalue weighted by atomic mass is 19.1. The van der Waals surface area contributed by atoms with Gasteiger partial charge < -0.3 is 5.73 Å². The number of hydrogen-bond donors (Lipinski definition) is 1.